The summed E-state index contributed by atoms with van der Waals surface area (Å²) in [7, 11) is 0. The summed E-state index contributed by atoms with van der Waals surface area (Å²) in [5.74, 6) is 0. The molecule has 2 aromatic rings. The zero-order chi connectivity index (χ0) is 11.4. The van der Waals surface area contributed by atoms with Crippen LogP contribution in [0.2, 0.25) is 0 Å². The first-order valence-corrected chi connectivity index (χ1v) is 6.84. The number of aliphatic hydroxyl groups is 1. The highest BCUT2D eigenvalue weighted by molar-refractivity contribution is 8.01. The van der Waals surface area contributed by atoms with Crippen LogP contribution in [0.4, 0.5) is 0 Å². The van der Waals surface area contributed by atoms with Crippen LogP contribution in [-0.2, 0) is 0 Å². The first-order chi connectivity index (χ1) is 7.79. The first kappa shape index (κ1) is 11.6. The molecule has 0 aliphatic carbocycles. The van der Waals surface area contributed by atoms with Crippen LogP contribution in [-0.4, -0.2) is 10.1 Å². The molecule has 1 aromatic heterocycles. The van der Waals surface area contributed by atoms with Gasteiger partial charge in [0.1, 0.15) is 0 Å². The monoisotopic (exact) mass is 251 g/mol. The molecule has 0 saturated carbocycles. The van der Waals surface area contributed by atoms with Gasteiger partial charge in [0.05, 0.1) is 6.10 Å². The van der Waals surface area contributed by atoms with E-state index >= 15 is 0 Å². The number of thiazole rings is 1. The molecule has 0 aliphatic rings. The zero-order valence-electron chi connectivity index (χ0n) is 8.96. The largest absolute Gasteiger partial charge is 0.388 e. The lowest BCUT2D eigenvalue weighted by molar-refractivity contribution is 0.173. The molecule has 0 fully saturated rings. The van der Waals surface area contributed by atoms with Crippen LogP contribution in [0.1, 0.15) is 25.0 Å². The third kappa shape index (κ3) is 2.84. The highest BCUT2D eigenvalue weighted by atomic mass is 32.2. The van der Waals surface area contributed by atoms with Crippen LogP contribution < -0.4 is 0 Å². The van der Waals surface area contributed by atoms with E-state index in [-0.39, 0.29) is 6.10 Å². The van der Waals surface area contributed by atoms with Crippen molar-refractivity contribution in [3.05, 3.63) is 41.4 Å². The number of hydrogen-bond donors (Lipinski definition) is 1. The maximum Gasteiger partial charge on any atom is 0.154 e. The lowest BCUT2D eigenvalue weighted by Crippen LogP contribution is -1.93. The van der Waals surface area contributed by atoms with Gasteiger partial charge in [0, 0.05) is 16.5 Å². The summed E-state index contributed by atoms with van der Waals surface area (Å²) in [5, 5.41) is 11.6. The quantitative estimate of drug-likeness (QED) is 0.898. The third-order valence-electron chi connectivity index (χ3n) is 2.27. The van der Waals surface area contributed by atoms with Crippen molar-refractivity contribution in [3.8, 4) is 0 Å². The summed E-state index contributed by atoms with van der Waals surface area (Å²) < 4.78 is 1.05. The predicted molar refractivity (Wildman–Crippen MR) is 67.9 cm³/mol. The van der Waals surface area contributed by atoms with Crippen molar-refractivity contribution < 1.29 is 5.11 Å². The fourth-order valence-corrected chi connectivity index (χ4v) is 2.95. The minimum atomic E-state index is -0.348. The molecule has 1 atom stereocenters. The van der Waals surface area contributed by atoms with Crippen LogP contribution in [0.3, 0.4) is 0 Å². The Morgan fingerprint density at radius 1 is 1.38 bits per heavy atom. The molecule has 0 radical (unpaired) electrons. The van der Waals surface area contributed by atoms with E-state index < -0.39 is 0 Å². The van der Waals surface area contributed by atoms with Gasteiger partial charge in [-0.15, -0.1) is 11.3 Å². The second kappa shape index (κ2) is 5.48. The van der Waals surface area contributed by atoms with Crippen LogP contribution in [0.25, 0.3) is 0 Å². The lowest BCUT2D eigenvalue weighted by atomic mass is 10.1. The summed E-state index contributed by atoms with van der Waals surface area (Å²) in [6.07, 6.45) is 2.21. The smallest absolute Gasteiger partial charge is 0.154 e. The van der Waals surface area contributed by atoms with E-state index in [1.807, 2.05) is 42.8 Å². The van der Waals surface area contributed by atoms with Gasteiger partial charge < -0.3 is 5.11 Å². The van der Waals surface area contributed by atoms with Gasteiger partial charge in [0.2, 0.25) is 0 Å². The van der Waals surface area contributed by atoms with Crippen molar-refractivity contribution in [2.45, 2.75) is 28.7 Å². The van der Waals surface area contributed by atoms with E-state index in [1.54, 1.807) is 23.1 Å². The molecule has 1 N–H and O–H groups in total. The normalized spacial score (nSPS) is 12.6. The fourth-order valence-electron chi connectivity index (χ4n) is 1.36. The van der Waals surface area contributed by atoms with Crippen molar-refractivity contribution in [2.75, 3.05) is 0 Å². The average molecular weight is 251 g/mol. The molecule has 2 rings (SSSR count). The molecule has 2 nitrogen and oxygen atoms in total. The minimum absolute atomic E-state index is 0.348. The summed E-state index contributed by atoms with van der Waals surface area (Å²) in [6.45, 7) is 1.98. The molecular weight excluding hydrogens is 238 g/mol. The highest BCUT2D eigenvalue weighted by Gasteiger charge is 2.05. The summed E-state index contributed by atoms with van der Waals surface area (Å²) in [6, 6.07) is 8.01. The topological polar surface area (TPSA) is 33.1 Å². The molecule has 16 heavy (non-hydrogen) atoms. The summed E-state index contributed by atoms with van der Waals surface area (Å²) in [4.78, 5) is 5.37. The molecule has 0 amide bonds. The Labute approximate surface area is 103 Å². The molecule has 0 aliphatic heterocycles. The van der Waals surface area contributed by atoms with Crippen LogP contribution in [0.5, 0.6) is 0 Å². The Hall–Kier alpha value is -0.840. The Morgan fingerprint density at radius 3 is 2.69 bits per heavy atom. The molecule has 1 aromatic carbocycles. The number of hydrogen-bond acceptors (Lipinski definition) is 4. The maximum absolute atomic E-state index is 9.66. The Balaban J connectivity index is 2.07. The molecule has 0 unspecified atom stereocenters. The van der Waals surface area contributed by atoms with Gasteiger partial charge in [-0.05, 0) is 24.1 Å². The second-order valence-electron chi connectivity index (χ2n) is 3.39. The number of rotatable bonds is 4. The highest BCUT2D eigenvalue weighted by Crippen LogP contribution is 2.30. The van der Waals surface area contributed by atoms with Crippen molar-refractivity contribution in [3.63, 3.8) is 0 Å². The van der Waals surface area contributed by atoms with Crippen LogP contribution >= 0.6 is 23.1 Å². The Kier molecular flexibility index (Phi) is 3.98. The predicted octanol–water partition coefficient (Wildman–Crippen LogP) is 3.74. The summed E-state index contributed by atoms with van der Waals surface area (Å²) >= 11 is 3.28. The van der Waals surface area contributed by atoms with Crippen LogP contribution in [0.15, 0.2) is 45.1 Å². The van der Waals surface area contributed by atoms with Crippen LogP contribution in [0, 0.1) is 0 Å². The molecule has 1 heterocycles. The van der Waals surface area contributed by atoms with E-state index in [2.05, 4.69) is 4.98 Å². The van der Waals surface area contributed by atoms with Crippen molar-refractivity contribution in [1.82, 2.24) is 4.98 Å². The Morgan fingerprint density at radius 2 is 2.12 bits per heavy atom. The summed E-state index contributed by atoms with van der Waals surface area (Å²) in [5.41, 5.74) is 0.978. The van der Waals surface area contributed by atoms with E-state index in [1.165, 1.54) is 0 Å². The van der Waals surface area contributed by atoms with Gasteiger partial charge in [-0.3, -0.25) is 0 Å². The van der Waals surface area contributed by atoms with Gasteiger partial charge in [-0.25, -0.2) is 4.98 Å². The van der Waals surface area contributed by atoms with E-state index in [0.717, 1.165) is 21.2 Å². The average Bonchev–Trinajstić information content (AvgIpc) is 2.82. The van der Waals surface area contributed by atoms with E-state index in [9.17, 15) is 5.11 Å². The Bertz CT molecular complexity index is 425. The molecular formula is C12H13NOS2. The molecule has 4 heteroatoms. The third-order valence-corrected chi connectivity index (χ3v) is 4.16. The van der Waals surface area contributed by atoms with E-state index in [4.69, 9.17) is 0 Å². The number of nitrogens with zero attached hydrogens (tertiary/aromatic N) is 1. The maximum atomic E-state index is 9.66. The SMILES string of the molecule is CC[C@H](O)c1ccc(Sc2nccs2)cc1. The molecule has 0 saturated heterocycles. The second-order valence-corrected chi connectivity index (χ2v) is 5.61. The standard InChI is InChI=1S/C12H13NOS2/c1-2-11(14)9-3-5-10(6-4-9)16-12-13-7-8-15-12/h3-8,11,14H,2H2,1H3/t11-/m0/s1. The van der Waals surface area contributed by atoms with Gasteiger partial charge in [-0.1, -0.05) is 30.8 Å². The van der Waals surface area contributed by atoms with Crippen molar-refractivity contribution in [2.24, 2.45) is 0 Å². The lowest BCUT2D eigenvalue weighted by Gasteiger charge is -2.08. The fraction of sp³-hybridized carbons (Fsp3) is 0.250. The van der Waals surface area contributed by atoms with Gasteiger partial charge in [-0.2, -0.15) is 0 Å². The van der Waals surface area contributed by atoms with E-state index in [0.29, 0.717) is 0 Å². The first-order valence-electron chi connectivity index (χ1n) is 5.15. The van der Waals surface area contributed by atoms with Crippen molar-refractivity contribution >= 4 is 23.1 Å². The van der Waals surface area contributed by atoms with Gasteiger partial charge in [0.25, 0.3) is 0 Å². The number of aromatic nitrogens is 1. The minimum Gasteiger partial charge on any atom is -0.388 e. The molecule has 0 bridgehead atoms. The van der Waals surface area contributed by atoms with Gasteiger partial charge >= 0.3 is 0 Å². The number of benzene rings is 1. The molecule has 84 valence electrons. The van der Waals surface area contributed by atoms with Gasteiger partial charge in [0.15, 0.2) is 4.34 Å². The van der Waals surface area contributed by atoms with Crippen molar-refractivity contribution in [1.29, 1.82) is 0 Å². The zero-order valence-corrected chi connectivity index (χ0v) is 10.6. The number of aliphatic hydroxyl groups excluding tert-OH is 1. The molecule has 0 spiro atoms.